The highest BCUT2D eigenvalue weighted by Crippen LogP contribution is 2.25. The number of aryl methyl sites for hydroxylation is 2. The molecule has 0 atom stereocenters. The van der Waals surface area contributed by atoms with Gasteiger partial charge in [0.05, 0.1) is 18.8 Å². The van der Waals surface area contributed by atoms with E-state index < -0.39 is 0 Å². The van der Waals surface area contributed by atoms with E-state index in [1.165, 1.54) is 11.1 Å². The van der Waals surface area contributed by atoms with E-state index in [2.05, 4.69) is 51.9 Å². The molecule has 1 aromatic carbocycles. The van der Waals surface area contributed by atoms with Gasteiger partial charge in [0.25, 0.3) is 0 Å². The minimum Gasteiger partial charge on any atom is -0.493 e. The molecule has 0 saturated carbocycles. The molecule has 1 aliphatic heterocycles. The predicted octanol–water partition coefficient (Wildman–Crippen LogP) is 3.12. The summed E-state index contributed by atoms with van der Waals surface area (Å²) in [6.45, 7) is 9.09. The van der Waals surface area contributed by atoms with E-state index in [-0.39, 0.29) is 0 Å². The number of ether oxygens (including phenoxy) is 1. The zero-order valence-electron chi connectivity index (χ0n) is 18.5. The molecule has 1 aliphatic rings. The summed E-state index contributed by atoms with van der Waals surface area (Å²) in [4.78, 5) is 9.27. The van der Waals surface area contributed by atoms with Crippen molar-refractivity contribution in [2.45, 2.75) is 40.2 Å². The van der Waals surface area contributed by atoms with Crippen molar-refractivity contribution in [2.75, 3.05) is 19.7 Å². The first kappa shape index (κ1) is 20.9. The van der Waals surface area contributed by atoms with E-state index in [0.29, 0.717) is 6.54 Å². The molecule has 0 spiro atoms. The molecule has 4 rings (SSSR count). The van der Waals surface area contributed by atoms with Crippen molar-refractivity contribution in [1.82, 2.24) is 25.4 Å². The van der Waals surface area contributed by atoms with E-state index in [4.69, 9.17) is 9.73 Å². The molecule has 2 N–H and O–H groups in total. The van der Waals surface area contributed by atoms with Crippen LogP contribution in [0.5, 0.6) is 5.75 Å². The van der Waals surface area contributed by atoms with Crippen molar-refractivity contribution in [3.63, 3.8) is 0 Å². The van der Waals surface area contributed by atoms with E-state index in [1.807, 2.05) is 36.9 Å². The highest BCUT2D eigenvalue weighted by molar-refractivity contribution is 5.79. The third-order valence-corrected chi connectivity index (χ3v) is 5.26. The van der Waals surface area contributed by atoms with Crippen molar-refractivity contribution < 1.29 is 4.74 Å². The Balaban J connectivity index is 1.33. The Kier molecular flexibility index (Phi) is 6.50. The summed E-state index contributed by atoms with van der Waals surface area (Å²) in [5, 5.41) is 11.2. The van der Waals surface area contributed by atoms with Crippen molar-refractivity contribution in [2.24, 2.45) is 4.99 Å². The minimum absolute atomic E-state index is 0.565. The van der Waals surface area contributed by atoms with Crippen molar-refractivity contribution >= 4 is 5.96 Å². The number of pyridine rings is 1. The average molecular weight is 419 g/mol. The van der Waals surface area contributed by atoms with Crippen LogP contribution in [0.3, 0.4) is 0 Å². The first-order chi connectivity index (χ1) is 15.1. The molecule has 3 aromatic rings. The Labute approximate surface area is 183 Å². The highest BCUT2D eigenvalue weighted by atomic mass is 16.5. The second-order valence-electron chi connectivity index (χ2n) is 7.78. The largest absolute Gasteiger partial charge is 0.493 e. The summed E-state index contributed by atoms with van der Waals surface area (Å²) < 4.78 is 7.45. The first-order valence-electron chi connectivity index (χ1n) is 10.9. The van der Waals surface area contributed by atoms with Gasteiger partial charge in [0, 0.05) is 31.4 Å². The van der Waals surface area contributed by atoms with Crippen LogP contribution in [0.15, 0.2) is 47.6 Å². The van der Waals surface area contributed by atoms with Crippen LogP contribution in [0.4, 0.5) is 0 Å². The molecule has 31 heavy (non-hydrogen) atoms. The van der Waals surface area contributed by atoms with Gasteiger partial charge in [-0.1, -0.05) is 18.2 Å². The van der Waals surface area contributed by atoms with E-state index in [0.717, 1.165) is 67.0 Å². The third-order valence-electron chi connectivity index (χ3n) is 5.26. The number of hydrogen-bond donors (Lipinski definition) is 2. The molecular weight excluding hydrogens is 388 g/mol. The van der Waals surface area contributed by atoms with Crippen molar-refractivity contribution in [3.8, 4) is 11.6 Å². The SMILES string of the molecule is CCNC(=NCc1ccc(-n2nc(C)cc2C)nc1)NCCc1ccc2c(c1)CCO2. The molecular formula is C24H30N6O. The monoisotopic (exact) mass is 418 g/mol. The molecule has 2 aromatic heterocycles. The highest BCUT2D eigenvalue weighted by Gasteiger charge is 2.12. The van der Waals surface area contributed by atoms with Gasteiger partial charge in [-0.05, 0) is 62.1 Å². The topological polar surface area (TPSA) is 76.4 Å². The van der Waals surface area contributed by atoms with E-state index >= 15 is 0 Å². The number of guanidine groups is 1. The van der Waals surface area contributed by atoms with Gasteiger partial charge in [0.2, 0.25) is 0 Å². The molecule has 0 fully saturated rings. The van der Waals surface area contributed by atoms with Gasteiger partial charge in [-0.25, -0.2) is 14.7 Å². The fraction of sp³-hybridized carbons (Fsp3) is 0.375. The number of aliphatic imine (C=N–C) groups is 1. The molecule has 0 saturated heterocycles. The Bertz CT molecular complexity index is 1050. The molecule has 0 radical (unpaired) electrons. The lowest BCUT2D eigenvalue weighted by atomic mass is 10.1. The van der Waals surface area contributed by atoms with Crippen LogP contribution < -0.4 is 15.4 Å². The summed E-state index contributed by atoms with van der Waals surface area (Å²) in [6, 6.07) is 12.6. The van der Waals surface area contributed by atoms with Gasteiger partial charge >= 0.3 is 0 Å². The summed E-state index contributed by atoms with van der Waals surface area (Å²) in [5.74, 6) is 2.67. The van der Waals surface area contributed by atoms with Crippen LogP contribution in [0, 0.1) is 13.8 Å². The van der Waals surface area contributed by atoms with Crippen LogP contribution in [-0.4, -0.2) is 40.4 Å². The molecule has 0 aliphatic carbocycles. The Morgan fingerprint density at radius 3 is 2.74 bits per heavy atom. The zero-order valence-corrected chi connectivity index (χ0v) is 18.5. The van der Waals surface area contributed by atoms with Crippen LogP contribution in [-0.2, 0) is 19.4 Å². The zero-order chi connectivity index (χ0) is 21.6. The fourth-order valence-electron chi connectivity index (χ4n) is 3.73. The predicted molar refractivity (Wildman–Crippen MR) is 123 cm³/mol. The molecule has 7 nitrogen and oxygen atoms in total. The Morgan fingerprint density at radius 2 is 2.00 bits per heavy atom. The lowest BCUT2D eigenvalue weighted by Gasteiger charge is -2.12. The molecule has 0 amide bonds. The van der Waals surface area contributed by atoms with Crippen molar-refractivity contribution in [3.05, 3.63) is 70.7 Å². The van der Waals surface area contributed by atoms with E-state index in [9.17, 15) is 0 Å². The first-order valence-corrected chi connectivity index (χ1v) is 10.9. The van der Waals surface area contributed by atoms with Crippen LogP contribution in [0.1, 0.15) is 35.0 Å². The molecule has 3 heterocycles. The molecule has 162 valence electrons. The Morgan fingerprint density at radius 1 is 1.13 bits per heavy atom. The van der Waals surface area contributed by atoms with Gasteiger partial charge in [-0.15, -0.1) is 0 Å². The number of fused-ring (bicyclic) bond motifs is 1. The third kappa shape index (κ3) is 5.23. The molecule has 7 heteroatoms. The maximum Gasteiger partial charge on any atom is 0.191 e. The minimum atomic E-state index is 0.565. The number of nitrogens with one attached hydrogen (secondary N) is 2. The smallest absolute Gasteiger partial charge is 0.191 e. The van der Waals surface area contributed by atoms with E-state index in [1.54, 1.807) is 0 Å². The number of benzene rings is 1. The second-order valence-corrected chi connectivity index (χ2v) is 7.78. The summed E-state index contributed by atoms with van der Waals surface area (Å²) in [6.07, 6.45) is 3.81. The van der Waals surface area contributed by atoms with Gasteiger partial charge in [0.15, 0.2) is 11.8 Å². The normalized spacial score (nSPS) is 13.1. The van der Waals surface area contributed by atoms with Gasteiger partial charge < -0.3 is 15.4 Å². The maximum atomic E-state index is 5.59. The van der Waals surface area contributed by atoms with Crippen LogP contribution >= 0.6 is 0 Å². The molecule has 0 bridgehead atoms. The average Bonchev–Trinajstić information content (AvgIpc) is 3.37. The summed E-state index contributed by atoms with van der Waals surface area (Å²) >= 11 is 0. The maximum absolute atomic E-state index is 5.59. The number of nitrogens with zero attached hydrogens (tertiary/aromatic N) is 4. The van der Waals surface area contributed by atoms with Crippen molar-refractivity contribution in [1.29, 1.82) is 0 Å². The number of hydrogen-bond acceptors (Lipinski definition) is 4. The van der Waals surface area contributed by atoms with Gasteiger partial charge in [0.1, 0.15) is 5.75 Å². The van der Waals surface area contributed by atoms with Gasteiger partial charge in [-0.3, -0.25) is 0 Å². The van der Waals surface area contributed by atoms with Crippen LogP contribution in [0.2, 0.25) is 0 Å². The summed E-state index contributed by atoms with van der Waals surface area (Å²) in [5.41, 5.74) is 5.75. The standard InChI is InChI=1S/C24H30N6O/c1-4-25-24(26-11-9-19-5-7-22-21(14-19)10-12-31-22)28-16-20-6-8-23(27-15-20)30-18(3)13-17(2)29-30/h5-8,13-15H,4,9-12,16H2,1-3H3,(H2,25,26,28). The lowest BCUT2D eigenvalue weighted by Crippen LogP contribution is -2.38. The molecule has 0 unspecified atom stereocenters. The second kappa shape index (κ2) is 9.64. The summed E-state index contributed by atoms with van der Waals surface area (Å²) in [7, 11) is 0. The van der Waals surface area contributed by atoms with Crippen LogP contribution in [0.25, 0.3) is 5.82 Å². The number of aromatic nitrogens is 3. The Hall–Kier alpha value is -3.35. The number of rotatable bonds is 7. The quantitative estimate of drug-likeness (QED) is 0.455. The lowest BCUT2D eigenvalue weighted by molar-refractivity contribution is 0.357. The van der Waals surface area contributed by atoms with Gasteiger partial charge in [-0.2, -0.15) is 5.10 Å². The fourth-order valence-corrected chi connectivity index (χ4v) is 3.73.